The Morgan fingerprint density at radius 3 is 1.53 bits per heavy atom. The number of morpholine rings is 3. The van der Waals surface area contributed by atoms with Crippen molar-refractivity contribution in [1.82, 2.24) is 24.7 Å². The van der Waals surface area contributed by atoms with Crippen LogP contribution in [0.15, 0.2) is 140 Å². The molecule has 11 rings (SSSR count). The fraction of sp³-hybridized carbons (Fsp3) is 0.343. The number of amides is 6. The molecule has 2 aromatic heterocycles. The number of fused-ring (bicyclic) bond motifs is 2. The maximum Gasteiger partial charge on any atom is 0.327 e. The number of methoxy groups -OCH3 is 1. The summed E-state index contributed by atoms with van der Waals surface area (Å²) in [6, 6.07) is 37.4. The van der Waals surface area contributed by atoms with Crippen LogP contribution in [0, 0.1) is 0 Å². The van der Waals surface area contributed by atoms with Crippen molar-refractivity contribution in [3.05, 3.63) is 173 Å². The largest absolute Gasteiger partial charge is 0.494 e. The lowest BCUT2D eigenvalue weighted by Crippen LogP contribution is -2.46. The smallest absolute Gasteiger partial charge is 0.327 e. The average Bonchev–Trinajstić information content (AvgIpc) is 3.55. The highest BCUT2D eigenvalue weighted by atomic mass is 16.5. The van der Waals surface area contributed by atoms with E-state index in [1.54, 1.807) is 29.2 Å². The van der Waals surface area contributed by atoms with E-state index in [-0.39, 0.29) is 34.2 Å². The maximum absolute atomic E-state index is 16.1. The summed E-state index contributed by atoms with van der Waals surface area (Å²) in [7, 11) is 1.44. The molecular formula is C70H78N10O8. The number of urea groups is 2. The molecule has 6 aromatic carbocycles. The second-order valence-corrected chi connectivity index (χ2v) is 24.7. The first-order valence-electron chi connectivity index (χ1n) is 30.2. The predicted molar refractivity (Wildman–Crippen MR) is 346 cm³/mol. The van der Waals surface area contributed by atoms with Gasteiger partial charge < -0.3 is 45.5 Å². The number of nitrogens with one attached hydrogen (secondary N) is 3. The van der Waals surface area contributed by atoms with Crippen LogP contribution in [0.3, 0.4) is 0 Å². The molecular weight excluding hydrogens is 1110 g/mol. The van der Waals surface area contributed by atoms with Gasteiger partial charge in [0.15, 0.2) is 0 Å². The van der Waals surface area contributed by atoms with E-state index in [1.807, 2.05) is 139 Å². The third-order valence-electron chi connectivity index (χ3n) is 16.7. The van der Waals surface area contributed by atoms with E-state index >= 15 is 9.59 Å². The van der Waals surface area contributed by atoms with Crippen LogP contribution in [0.25, 0.3) is 43.8 Å². The Morgan fingerprint density at radius 2 is 1.06 bits per heavy atom. The molecule has 0 aliphatic carbocycles. The summed E-state index contributed by atoms with van der Waals surface area (Å²) in [6.45, 7) is 21.1. The van der Waals surface area contributed by atoms with Gasteiger partial charge in [-0.15, -0.1) is 0 Å². The number of carbonyl (C=O) groups excluding carboxylic acids is 4. The minimum Gasteiger partial charge on any atom is -0.494 e. The van der Waals surface area contributed by atoms with Crippen molar-refractivity contribution in [2.45, 2.75) is 71.5 Å². The number of ether oxygens (including phenoxy) is 4. The minimum absolute atomic E-state index is 0.0712. The van der Waals surface area contributed by atoms with Gasteiger partial charge in [-0.05, 0) is 92.4 Å². The number of nitrogens with two attached hydrogens (primary N) is 1. The Kier molecular flexibility index (Phi) is 18.2. The molecule has 0 radical (unpaired) electrons. The number of aromatic nitrogens is 2. The summed E-state index contributed by atoms with van der Waals surface area (Å²) in [4.78, 5) is 78.1. The van der Waals surface area contributed by atoms with Crippen LogP contribution in [0.1, 0.15) is 86.0 Å². The number of hydrogen-bond acceptors (Lipinski definition) is 12. The molecule has 18 heteroatoms. The van der Waals surface area contributed by atoms with Crippen LogP contribution >= 0.6 is 0 Å². The summed E-state index contributed by atoms with van der Waals surface area (Å²) >= 11 is 0. The van der Waals surface area contributed by atoms with Gasteiger partial charge >= 0.3 is 12.1 Å². The van der Waals surface area contributed by atoms with Crippen molar-refractivity contribution in [1.29, 1.82) is 0 Å². The summed E-state index contributed by atoms with van der Waals surface area (Å²) in [5, 5.41) is 12.6. The van der Waals surface area contributed by atoms with Crippen molar-refractivity contribution in [2.75, 3.05) is 107 Å². The van der Waals surface area contributed by atoms with Crippen LogP contribution in [-0.4, -0.2) is 135 Å². The van der Waals surface area contributed by atoms with Crippen molar-refractivity contribution in [3.8, 4) is 28.0 Å². The monoisotopic (exact) mass is 1190 g/mol. The normalized spacial score (nSPS) is 15.6. The zero-order valence-electron chi connectivity index (χ0n) is 51.3. The highest BCUT2D eigenvalue weighted by Crippen LogP contribution is 2.44. The first-order chi connectivity index (χ1) is 42.4. The fourth-order valence-corrected chi connectivity index (χ4v) is 11.8. The lowest BCUT2D eigenvalue weighted by Gasteiger charge is -2.36. The molecule has 8 aromatic rings. The number of carbonyl (C=O) groups is 4. The number of pyridine rings is 2. The number of hydrogen-bond donors (Lipinski definition) is 4. The molecule has 0 saturated carbocycles. The highest BCUT2D eigenvalue weighted by Gasteiger charge is 2.39. The molecule has 0 spiro atoms. The summed E-state index contributed by atoms with van der Waals surface area (Å²) in [6.07, 6.45) is 3.77. The van der Waals surface area contributed by atoms with E-state index in [1.165, 1.54) is 12.0 Å². The summed E-state index contributed by atoms with van der Waals surface area (Å²) < 4.78 is 23.0. The van der Waals surface area contributed by atoms with Gasteiger partial charge in [0, 0.05) is 92.2 Å². The molecule has 0 bridgehead atoms. The Bertz CT molecular complexity index is 3860. The third kappa shape index (κ3) is 13.5. The van der Waals surface area contributed by atoms with Crippen LogP contribution in [0.5, 0.6) is 5.75 Å². The van der Waals surface area contributed by atoms with Crippen molar-refractivity contribution in [2.24, 2.45) is 5.73 Å². The van der Waals surface area contributed by atoms with E-state index in [4.69, 9.17) is 34.6 Å². The Labute approximate surface area is 514 Å². The number of primary amides is 1. The molecule has 3 saturated heterocycles. The molecule has 3 aliphatic rings. The van der Waals surface area contributed by atoms with Gasteiger partial charge in [0.25, 0.3) is 5.91 Å². The average molecular weight is 1190 g/mol. The number of benzene rings is 6. The van der Waals surface area contributed by atoms with E-state index in [0.29, 0.717) is 75.1 Å². The molecule has 1 unspecified atom stereocenters. The predicted octanol–water partition coefficient (Wildman–Crippen LogP) is 11.8. The van der Waals surface area contributed by atoms with Gasteiger partial charge in [0.05, 0.1) is 86.5 Å². The van der Waals surface area contributed by atoms with Crippen molar-refractivity contribution >= 4 is 68.2 Å². The summed E-state index contributed by atoms with van der Waals surface area (Å²) in [5.74, 6) is -1.22. The third-order valence-corrected chi connectivity index (χ3v) is 16.7. The van der Waals surface area contributed by atoms with Crippen LogP contribution in [-0.2, 0) is 42.9 Å². The fourth-order valence-electron chi connectivity index (χ4n) is 11.8. The van der Waals surface area contributed by atoms with Gasteiger partial charge in [-0.1, -0.05) is 120 Å². The molecule has 6 amide bonds. The first kappa shape index (κ1) is 60.9. The Hall–Kier alpha value is -8.78. The molecule has 456 valence electrons. The lowest BCUT2D eigenvalue weighted by molar-refractivity contribution is -0.119. The molecule has 18 nitrogen and oxygen atoms in total. The van der Waals surface area contributed by atoms with Gasteiger partial charge in [-0.25, -0.2) is 9.59 Å². The van der Waals surface area contributed by atoms with E-state index in [0.717, 1.165) is 94.6 Å². The van der Waals surface area contributed by atoms with Crippen molar-refractivity contribution < 1.29 is 38.1 Å². The zero-order chi connectivity index (χ0) is 61.7. The van der Waals surface area contributed by atoms with Crippen molar-refractivity contribution in [3.63, 3.8) is 0 Å². The summed E-state index contributed by atoms with van der Waals surface area (Å²) in [5.41, 5.74) is 14.3. The second-order valence-electron chi connectivity index (χ2n) is 24.7. The second kappa shape index (κ2) is 26.3. The zero-order valence-corrected chi connectivity index (χ0v) is 51.3. The van der Waals surface area contributed by atoms with E-state index in [9.17, 15) is 9.59 Å². The Morgan fingerprint density at radius 1 is 0.568 bits per heavy atom. The first-order valence-corrected chi connectivity index (χ1v) is 30.2. The molecule has 88 heavy (non-hydrogen) atoms. The maximum atomic E-state index is 16.1. The Balaban J connectivity index is 0.980. The van der Waals surface area contributed by atoms with Crippen LogP contribution < -0.4 is 31.3 Å². The molecule has 3 aliphatic heterocycles. The van der Waals surface area contributed by atoms with Crippen LogP contribution in [0.2, 0.25) is 0 Å². The lowest BCUT2D eigenvalue weighted by atomic mass is 9.83. The van der Waals surface area contributed by atoms with E-state index in [2.05, 4.69) is 43.9 Å². The van der Waals surface area contributed by atoms with Crippen LogP contribution in [0.4, 0.5) is 32.3 Å². The highest BCUT2D eigenvalue weighted by molar-refractivity contribution is 6.15. The number of nitrogens with zero attached hydrogens (tertiary/aromatic N) is 6. The molecule has 1 atom stereocenters. The SMILES string of the molecule is COc1c(NC(=O)Nc2ccc(-c3ccc(CN4CCOCC4)nc3)c3ccccc23)cc(C(C)(C)C)cc1C(C(N)=O)N(C(=O)Nc1ccc(-c2ccc(CN3CCOCC3)nc2)c2ccccc12)c1cc(C(C)(C)C)ccc1C(=O)N1CCOCC1. The van der Waals surface area contributed by atoms with Gasteiger partial charge in [0.1, 0.15) is 11.8 Å². The molecule has 3 fully saturated rings. The number of anilines is 4. The molecule has 5 heterocycles. The number of rotatable bonds is 15. The quantitative estimate of drug-likeness (QED) is 0.0757. The minimum atomic E-state index is -1.65. The molecule has 5 N–H and O–H groups in total. The van der Waals surface area contributed by atoms with E-state index < -0.39 is 34.8 Å². The topological polar surface area (TPSA) is 206 Å². The van der Waals surface area contributed by atoms with Gasteiger partial charge in [0.2, 0.25) is 5.91 Å². The van der Waals surface area contributed by atoms with Gasteiger partial charge in [-0.2, -0.15) is 0 Å². The standard InChI is InChI=1S/C70H78N10O8/c1-69(2,3)47-18-21-57(66(82)79-30-36-88-37-31-79)62(40-47)80(68(84)76-60-25-23-52(54-13-9-11-15-56(54)60)46-17-20-50(73-42-46)44-78-28-34-87-35-29-78)63(65(71)81)58-38-48(70(4,5)6)39-61(64(58)85-7)75-67(83)74-59-24-22-51(53-12-8-10-14-55(53)59)45-16-19-49(72-41-45)43-77-26-32-86-33-27-77/h8-25,38-42,63H,26-37,43-44H2,1-7H3,(H2,71,81)(H,76,84)(H2,74,75,83). The van der Waals surface area contributed by atoms with Gasteiger partial charge in [-0.3, -0.25) is 34.3 Å².